The molecule has 26 heavy (non-hydrogen) atoms. The molecule has 0 bridgehead atoms. The maximum Gasteiger partial charge on any atom is 0.263 e. The molecule has 5 nitrogen and oxygen atoms in total. The minimum absolute atomic E-state index is 0.0364. The zero-order chi connectivity index (χ0) is 18.3. The van der Waals surface area contributed by atoms with Gasteiger partial charge in [-0.25, -0.2) is 4.98 Å². The molecule has 2 aliphatic rings. The van der Waals surface area contributed by atoms with E-state index in [2.05, 4.69) is 0 Å². The number of fused-ring (bicyclic) bond motifs is 3. The Balaban J connectivity index is 1.89. The maximum absolute atomic E-state index is 13.5. The summed E-state index contributed by atoms with van der Waals surface area (Å²) in [6.45, 7) is 1.60. The summed E-state index contributed by atoms with van der Waals surface area (Å²) in [6, 6.07) is 0.128. The molecule has 1 atom stereocenters. The first-order valence-corrected chi connectivity index (χ1v) is 11.2. The van der Waals surface area contributed by atoms with E-state index in [1.807, 2.05) is 4.57 Å². The van der Waals surface area contributed by atoms with Crippen molar-refractivity contribution < 1.29 is 9.90 Å². The summed E-state index contributed by atoms with van der Waals surface area (Å²) < 4.78 is 1.81. The number of rotatable bonds is 4. The van der Waals surface area contributed by atoms with Gasteiger partial charge in [-0.15, -0.1) is 11.3 Å². The molecule has 0 saturated heterocycles. The summed E-state index contributed by atoms with van der Waals surface area (Å²) in [7, 11) is 0. The SMILES string of the molecule is C[C@@H](Sc1nc2sc3c(c2c(=O)n1C1CCCCC1)CCCC3)C(=O)[O-]. The van der Waals surface area contributed by atoms with Gasteiger partial charge >= 0.3 is 0 Å². The number of carboxylic acids is 1. The standard InChI is InChI=1S/C19H24N2O3S2/c1-11(18(23)24)25-19-20-16-15(13-9-5-6-10-14(13)26-16)17(22)21(19)12-7-3-2-4-8-12/h11-12H,2-10H2,1H3,(H,23,24)/p-1/t11-/m1/s1. The lowest BCUT2D eigenvalue weighted by Crippen LogP contribution is -2.33. The normalized spacial score (nSPS) is 19.4. The van der Waals surface area contributed by atoms with Crippen LogP contribution in [0.3, 0.4) is 0 Å². The van der Waals surface area contributed by atoms with E-state index >= 15 is 0 Å². The van der Waals surface area contributed by atoms with Gasteiger partial charge in [0.05, 0.1) is 11.4 Å². The van der Waals surface area contributed by atoms with Crippen molar-refractivity contribution >= 4 is 39.3 Å². The number of nitrogens with zero attached hydrogens (tertiary/aromatic N) is 2. The van der Waals surface area contributed by atoms with E-state index < -0.39 is 11.2 Å². The number of hydrogen-bond donors (Lipinski definition) is 0. The van der Waals surface area contributed by atoms with Crippen LogP contribution in [0.4, 0.5) is 0 Å². The highest BCUT2D eigenvalue weighted by atomic mass is 32.2. The molecule has 7 heteroatoms. The van der Waals surface area contributed by atoms with Crippen molar-refractivity contribution in [3.8, 4) is 0 Å². The van der Waals surface area contributed by atoms with Crippen molar-refractivity contribution in [2.45, 2.75) is 81.2 Å². The smallest absolute Gasteiger partial charge is 0.263 e. The Kier molecular flexibility index (Phi) is 5.10. The van der Waals surface area contributed by atoms with Crippen LogP contribution in [-0.4, -0.2) is 20.8 Å². The van der Waals surface area contributed by atoms with Crippen LogP contribution < -0.4 is 10.7 Å². The van der Waals surface area contributed by atoms with Crippen molar-refractivity contribution in [3.63, 3.8) is 0 Å². The molecule has 0 aliphatic heterocycles. The summed E-state index contributed by atoms with van der Waals surface area (Å²) >= 11 is 2.76. The number of hydrogen-bond acceptors (Lipinski definition) is 6. The van der Waals surface area contributed by atoms with Crippen molar-refractivity contribution in [1.82, 2.24) is 9.55 Å². The second-order valence-corrected chi connectivity index (χ2v) is 9.72. The van der Waals surface area contributed by atoms with E-state index in [0.717, 1.165) is 66.9 Å². The number of carbonyl (C=O) groups excluding carboxylic acids is 1. The van der Waals surface area contributed by atoms with Crippen LogP contribution in [0.5, 0.6) is 0 Å². The van der Waals surface area contributed by atoms with Gasteiger partial charge < -0.3 is 9.90 Å². The predicted molar refractivity (Wildman–Crippen MR) is 103 cm³/mol. The average Bonchev–Trinajstić information content (AvgIpc) is 3.01. The molecule has 2 aromatic rings. The monoisotopic (exact) mass is 391 g/mol. The molecule has 0 spiro atoms. The lowest BCUT2D eigenvalue weighted by molar-refractivity contribution is -0.304. The first kappa shape index (κ1) is 18.0. The molecular weight excluding hydrogens is 368 g/mol. The van der Waals surface area contributed by atoms with E-state index in [-0.39, 0.29) is 11.6 Å². The van der Waals surface area contributed by atoms with Crippen molar-refractivity contribution in [2.75, 3.05) is 0 Å². The first-order chi connectivity index (χ1) is 12.6. The molecule has 0 N–H and O–H groups in total. The zero-order valence-electron chi connectivity index (χ0n) is 15.0. The van der Waals surface area contributed by atoms with Crippen LogP contribution in [0.25, 0.3) is 10.2 Å². The second kappa shape index (κ2) is 7.35. The average molecular weight is 392 g/mol. The van der Waals surface area contributed by atoms with Gasteiger partial charge in [0.2, 0.25) is 0 Å². The Morgan fingerprint density at radius 3 is 2.69 bits per heavy atom. The second-order valence-electron chi connectivity index (χ2n) is 7.33. The van der Waals surface area contributed by atoms with Crippen LogP contribution in [0.15, 0.2) is 9.95 Å². The Labute approximate surface area is 160 Å². The molecule has 0 unspecified atom stereocenters. The molecule has 0 aromatic carbocycles. The first-order valence-electron chi connectivity index (χ1n) is 9.50. The molecule has 140 valence electrons. The Morgan fingerprint density at radius 1 is 1.23 bits per heavy atom. The number of carbonyl (C=O) groups is 1. The van der Waals surface area contributed by atoms with Crippen molar-refractivity contribution in [2.24, 2.45) is 0 Å². The summed E-state index contributed by atoms with van der Waals surface area (Å²) in [4.78, 5) is 31.6. The van der Waals surface area contributed by atoms with Crippen LogP contribution in [-0.2, 0) is 17.6 Å². The van der Waals surface area contributed by atoms with Gasteiger partial charge in [-0.2, -0.15) is 0 Å². The zero-order valence-corrected chi connectivity index (χ0v) is 16.6. The lowest BCUT2D eigenvalue weighted by Gasteiger charge is -2.27. The molecular formula is C19H23N2O3S2-. The van der Waals surface area contributed by atoms with Crippen molar-refractivity contribution in [3.05, 3.63) is 20.8 Å². The van der Waals surface area contributed by atoms with Crippen LogP contribution in [0.2, 0.25) is 0 Å². The minimum atomic E-state index is -1.12. The summed E-state index contributed by atoms with van der Waals surface area (Å²) in [5.74, 6) is -1.12. The largest absolute Gasteiger partial charge is 0.549 e. The fraction of sp³-hybridized carbons (Fsp3) is 0.632. The maximum atomic E-state index is 13.5. The van der Waals surface area contributed by atoms with E-state index in [0.29, 0.717) is 5.16 Å². The van der Waals surface area contributed by atoms with Crippen molar-refractivity contribution in [1.29, 1.82) is 0 Å². The third-order valence-electron chi connectivity index (χ3n) is 5.54. The van der Waals surface area contributed by atoms with Crippen LogP contribution in [0, 0.1) is 0 Å². The highest BCUT2D eigenvalue weighted by Crippen LogP contribution is 2.37. The molecule has 2 aromatic heterocycles. The molecule has 2 aliphatic carbocycles. The van der Waals surface area contributed by atoms with E-state index in [1.54, 1.807) is 18.3 Å². The highest BCUT2D eigenvalue weighted by molar-refractivity contribution is 8.00. The van der Waals surface area contributed by atoms with E-state index in [9.17, 15) is 14.7 Å². The van der Waals surface area contributed by atoms with Gasteiger partial charge in [-0.05, 0) is 51.0 Å². The molecule has 0 radical (unpaired) electrons. The number of aryl methyl sites for hydroxylation is 2. The Bertz CT molecular complexity index is 896. The summed E-state index contributed by atoms with van der Waals surface area (Å²) in [5.41, 5.74) is 1.23. The van der Waals surface area contributed by atoms with Gasteiger partial charge in [0.15, 0.2) is 5.16 Å². The quantitative estimate of drug-likeness (QED) is 0.591. The lowest BCUT2D eigenvalue weighted by atomic mass is 9.94. The predicted octanol–water partition coefficient (Wildman–Crippen LogP) is 3.07. The number of thioether (sulfide) groups is 1. The van der Waals surface area contributed by atoms with Gasteiger partial charge in [-0.3, -0.25) is 9.36 Å². The molecule has 0 amide bonds. The number of carboxylic acid groups (broad SMARTS) is 1. The van der Waals surface area contributed by atoms with E-state index in [1.165, 1.54) is 23.3 Å². The molecule has 4 rings (SSSR count). The third kappa shape index (κ3) is 3.20. The fourth-order valence-electron chi connectivity index (χ4n) is 4.15. The van der Waals surface area contributed by atoms with Gasteiger partial charge in [-0.1, -0.05) is 31.0 Å². The Hall–Kier alpha value is -1.34. The molecule has 2 heterocycles. The minimum Gasteiger partial charge on any atom is -0.549 e. The van der Waals surface area contributed by atoms with Gasteiger partial charge in [0.1, 0.15) is 4.83 Å². The summed E-state index contributed by atoms with van der Waals surface area (Å²) in [5, 5.41) is 11.9. The highest BCUT2D eigenvalue weighted by Gasteiger charge is 2.27. The van der Waals surface area contributed by atoms with Gasteiger partial charge in [0, 0.05) is 16.2 Å². The topological polar surface area (TPSA) is 75.0 Å². The fourth-order valence-corrected chi connectivity index (χ4v) is 6.36. The number of aromatic nitrogens is 2. The number of aliphatic carboxylic acids is 1. The Morgan fingerprint density at radius 2 is 1.96 bits per heavy atom. The molecule has 1 saturated carbocycles. The van der Waals surface area contributed by atoms with Crippen LogP contribution >= 0.6 is 23.1 Å². The van der Waals surface area contributed by atoms with Crippen LogP contribution in [0.1, 0.15) is 68.4 Å². The molecule has 1 fully saturated rings. The summed E-state index contributed by atoms with van der Waals surface area (Å²) in [6.07, 6.45) is 9.62. The van der Waals surface area contributed by atoms with Gasteiger partial charge in [0.25, 0.3) is 5.56 Å². The number of thiophene rings is 1. The van der Waals surface area contributed by atoms with E-state index in [4.69, 9.17) is 4.98 Å². The third-order valence-corrected chi connectivity index (χ3v) is 7.77.